The molecule has 0 amide bonds. The SMILES string of the molecule is CCCNC1CCN(CCCC(F)(F)F)CC1. The second-order valence-electron chi connectivity index (χ2n) is 4.79. The normalized spacial score (nSPS) is 19.8. The standard InChI is InChI=1S/C12H23F3N2/c1-2-7-16-11-4-9-17(10-5-11)8-3-6-12(13,14)15/h11,16H,2-10H2,1H3. The lowest BCUT2D eigenvalue weighted by Crippen LogP contribution is -2.43. The van der Waals surface area contributed by atoms with Crippen molar-refractivity contribution < 1.29 is 13.2 Å². The van der Waals surface area contributed by atoms with Crippen LogP contribution in [0.1, 0.15) is 39.0 Å². The van der Waals surface area contributed by atoms with E-state index in [4.69, 9.17) is 0 Å². The minimum Gasteiger partial charge on any atom is -0.314 e. The average Bonchev–Trinajstić information content (AvgIpc) is 2.26. The number of nitrogens with zero attached hydrogens (tertiary/aromatic N) is 1. The molecular weight excluding hydrogens is 229 g/mol. The zero-order valence-corrected chi connectivity index (χ0v) is 10.5. The highest BCUT2D eigenvalue weighted by atomic mass is 19.4. The van der Waals surface area contributed by atoms with Gasteiger partial charge in [0.1, 0.15) is 0 Å². The third-order valence-electron chi connectivity index (χ3n) is 3.21. The first-order valence-electron chi connectivity index (χ1n) is 6.54. The van der Waals surface area contributed by atoms with Crippen LogP contribution in [-0.2, 0) is 0 Å². The highest BCUT2D eigenvalue weighted by Gasteiger charge is 2.27. The monoisotopic (exact) mass is 252 g/mol. The maximum atomic E-state index is 12.0. The minimum atomic E-state index is -4.00. The Morgan fingerprint density at radius 1 is 1.24 bits per heavy atom. The first-order chi connectivity index (χ1) is 8.01. The fourth-order valence-electron chi connectivity index (χ4n) is 2.21. The van der Waals surface area contributed by atoms with E-state index in [1.807, 2.05) is 0 Å². The molecule has 0 saturated carbocycles. The van der Waals surface area contributed by atoms with Crippen molar-refractivity contribution in [2.75, 3.05) is 26.2 Å². The van der Waals surface area contributed by atoms with Crippen LogP contribution in [-0.4, -0.2) is 43.3 Å². The third-order valence-corrected chi connectivity index (χ3v) is 3.21. The van der Waals surface area contributed by atoms with Crippen molar-refractivity contribution in [3.05, 3.63) is 0 Å². The van der Waals surface area contributed by atoms with Gasteiger partial charge in [-0.25, -0.2) is 0 Å². The number of halogens is 3. The van der Waals surface area contributed by atoms with Gasteiger partial charge in [0.2, 0.25) is 0 Å². The molecule has 17 heavy (non-hydrogen) atoms. The van der Waals surface area contributed by atoms with Gasteiger partial charge in [-0.05, 0) is 51.9 Å². The molecule has 1 saturated heterocycles. The molecule has 0 aromatic rings. The molecule has 1 N–H and O–H groups in total. The molecule has 0 radical (unpaired) electrons. The van der Waals surface area contributed by atoms with E-state index in [9.17, 15) is 13.2 Å². The van der Waals surface area contributed by atoms with Gasteiger partial charge in [0.25, 0.3) is 0 Å². The fraction of sp³-hybridized carbons (Fsp3) is 1.00. The van der Waals surface area contributed by atoms with Gasteiger partial charge >= 0.3 is 6.18 Å². The summed E-state index contributed by atoms with van der Waals surface area (Å²) in [6.07, 6.45) is -1.16. The van der Waals surface area contributed by atoms with Gasteiger partial charge in [0.15, 0.2) is 0 Å². The molecule has 102 valence electrons. The third kappa shape index (κ3) is 6.88. The quantitative estimate of drug-likeness (QED) is 0.782. The summed E-state index contributed by atoms with van der Waals surface area (Å²) in [5.41, 5.74) is 0. The lowest BCUT2D eigenvalue weighted by Gasteiger charge is -2.32. The maximum Gasteiger partial charge on any atom is 0.389 e. The van der Waals surface area contributed by atoms with Crippen molar-refractivity contribution in [2.24, 2.45) is 0 Å². The van der Waals surface area contributed by atoms with Gasteiger partial charge < -0.3 is 10.2 Å². The van der Waals surface area contributed by atoms with Crippen LogP contribution in [0.5, 0.6) is 0 Å². The summed E-state index contributed by atoms with van der Waals surface area (Å²) in [6.45, 7) is 5.62. The molecule has 0 unspecified atom stereocenters. The van der Waals surface area contributed by atoms with E-state index in [-0.39, 0.29) is 6.42 Å². The Kier molecular flexibility index (Phi) is 6.27. The zero-order valence-electron chi connectivity index (χ0n) is 10.5. The summed E-state index contributed by atoms with van der Waals surface area (Å²) in [6, 6.07) is 0.564. The van der Waals surface area contributed by atoms with Crippen LogP contribution >= 0.6 is 0 Å². The zero-order chi connectivity index (χ0) is 12.7. The van der Waals surface area contributed by atoms with Gasteiger partial charge in [0, 0.05) is 12.5 Å². The van der Waals surface area contributed by atoms with Crippen LogP contribution in [0.4, 0.5) is 13.2 Å². The minimum absolute atomic E-state index is 0.233. The van der Waals surface area contributed by atoms with Gasteiger partial charge in [-0.2, -0.15) is 13.2 Å². The summed E-state index contributed by atoms with van der Waals surface area (Å²) < 4.78 is 35.9. The van der Waals surface area contributed by atoms with E-state index >= 15 is 0 Å². The number of piperidine rings is 1. The Morgan fingerprint density at radius 3 is 2.41 bits per heavy atom. The number of alkyl halides is 3. The van der Waals surface area contributed by atoms with Gasteiger partial charge in [0.05, 0.1) is 0 Å². The van der Waals surface area contributed by atoms with Gasteiger partial charge in [-0.15, -0.1) is 0 Å². The van der Waals surface area contributed by atoms with Crippen molar-refractivity contribution in [3.63, 3.8) is 0 Å². The van der Waals surface area contributed by atoms with Crippen molar-refractivity contribution in [1.82, 2.24) is 10.2 Å². The Hall–Kier alpha value is -0.290. The molecule has 5 heteroatoms. The smallest absolute Gasteiger partial charge is 0.314 e. The molecule has 1 rings (SSSR count). The fourth-order valence-corrected chi connectivity index (χ4v) is 2.21. The highest BCUT2D eigenvalue weighted by molar-refractivity contribution is 4.77. The average molecular weight is 252 g/mol. The van der Waals surface area contributed by atoms with E-state index in [1.165, 1.54) is 0 Å². The van der Waals surface area contributed by atoms with Crippen LogP contribution < -0.4 is 5.32 Å². The maximum absolute atomic E-state index is 12.0. The van der Waals surface area contributed by atoms with Gasteiger partial charge in [-0.1, -0.05) is 6.92 Å². The van der Waals surface area contributed by atoms with Gasteiger partial charge in [-0.3, -0.25) is 0 Å². The molecule has 1 aliphatic rings. The molecule has 1 fully saturated rings. The topological polar surface area (TPSA) is 15.3 Å². The van der Waals surface area contributed by atoms with E-state index in [1.54, 1.807) is 0 Å². The van der Waals surface area contributed by atoms with Crippen molar-refractivity contribution in [1.29, 1.82) is 0 Å². The van der Waals surface area contributed by atoms with Crippen LogP contribution in [0.3, 0.4) is 0 Å². The Morgan fingerprint density at radius 2 is 1.88 bits per heavy atom. The van der Waals surface area contributed by atoms with Crippen molar-refractivity contribution >= 4 is 0 Å². The molecular formula is C12H23F3N2. The molecule has 0 bridgehead atoms. The molecule has 0 aromatic carbocycles. The van der Waals surface area contributed by atoms with Crippen molar-refractivity contribution in [2.45, 2.75) is 51.2 Å². The molecule has 0 aromatic heterocycles. The van der Waals surface area contributed by atoms with Crippen LogP contribution in [0, 0.1) is 0 Å². The Labute approximate surface area is 102 Å². The second-order valence-corrected chi connectivity index (χ2v) is 4.79. The predicted molar refractivity (Wildman–Crippen MR) is 63.0 cm³/mol. The second kappa shape index (κ2) is 7.21. The predicted octanol–water partition coefficient (Wildman–Crippen LogP) is 2.79. The summed E-state index contributed by atoms with van der Waals surface area (Å²) in [5, 5.41) is 3.47. The first-order valence-corrected chi connectivity index (χ1v) is 6.54. The Balaban J connectivity index is 2.07. The van der Waals surface area contributed by atoms with Crippen LogP contribution in [0.2, 0.25) is 0 Å². The van der Waals surface area contributed by atoms with Crippen LogP contribution in [0.15, 0.2) is 0 Å². The summed E-state index contributed by atoms with van der Waals surface area (Å²) in [5.74, 6) is 0. The molecule has 1 heterocycles. The van der Waals surface area contributed by atoms with Crippen LogP contribution in [0.25, 0.3) is 0 Å². The highest BCUT2D eigenvalue weighted by Crippen LogP contribution is 2.22. The molecule has 0 aliphatic carbocycles. The molecule has 2 nitrogen and oxygen atoms in total. The lowest BCUT2D eigenvalue weighted by molar-refractivity contribution is -0.136. The number of hydrogen-bond donors (Lipinski definition) is 1. The summed E-state index contributed by atoms with van der Waals surface area (Å²) >= 11 is 0. The number of hydrogen-bond acceptors (Lipinski definition) is 2. The van der Waals surface area contributed by atoms with Crippen molar-refractivity contribution in [3.8, 4) is 0 Å². The Bertz CT molecular complexity index is 198. The number of nitrogens with one attached hydrogen (secondary N) is 1. The summed E-state index contributed by atoms with van der Waals surface area (Å²) in [4.78, 5) is 2.15. The van der Waals surface area contributed by atoms with E-state index in [0.29, 0.717) is 12.6 Å². The number of likely N-dealkylation sites (tertiary alicyclic amines) is 1. The van der Waals surface area contributed by atoms with E-state index in [2.05, 4.69) is 17.1 Å². The molecule has 1 aliphatic heterocycles. The molecule has 0 atom stereocenters. The first kappa shape index (κ1) is 14.8. The largest absolute Gasteiger partial charge is 0.389 e. The van der Waals surface area contributed by atoms with E-state index < -0.39 is 12.6 Å². The lowest BCUT2D eigenvalue weighted by atomic mass is 10.0. The summed E-state index contributed by atoms with van der Waals surface area (Å²) in [7, 11) is 0. The van der Waals surface area contributed by atoms with E-state index in [0.717, 1.165) is 38.9 Å². The number of rotatable bonds is 6. The molecule has 0 spiro atoms.